The van der Waals surface area contributed by atoms with Gasteiger partial charge in [0.2, 0.25) is 10.0 Å². The minimum atomic E-state index is -3.94. The van der Waals surface area contributed by atoms with Crippen LogP contribution in [0.4, 0.5) is 4.79 Å². The first-order chi connectivity index (χ1) is 10.0. The molecule has 1 amide bonds. The van der Waals surface area contributed by atoms with Gasteiger partial charge in [0.1, 0.15) is 15.4 Å². The van der Waals surface area contributed by atoms with Crippen molar-refractivity contribution in [2.45, 2.75) is 31.3 Å². The maximum atomic E-state index is 12.0. The van der Waals surface area contributed by atoms with Gasteiger partial charge in [-0.25, -0.2) is 22.7 Å². The molecule has 0 bridgehead atoms. The quantitative estimate of drug-likeness (QED) is 0.664. The van der Waals surface area contributed by atoms with Crippen molar-refractivity contribution in [2.24, 2.45) is 0 Å². The van der Waals surface area contributed by atoms with E-state index < -0.39 is 27.7 Å². The Morgan fingerprint density at radius 1 is 1.32 bits per heavy atom. The van der Waals surface area contributed by atoms with E-state index >= 15 is 0 Å². The van der Waals surface area contributed by atoms with E-state index in [1.165, 1.54) is 11.4 Å². The Bertz CT molecular complexity index is 645. The van der Waals surface area contributed by atoms with Crippen molar-refractivity contribution < 1.29 is 27.9 Å². The van der Waals surface area contributed by atoms with Crippen LogP contribution in [-0.4, -0.2) is 44.3 Å². The minimum Gasteiger partial charge on any atom is -0.477 e. The summed E-state index contributed by atoms with van der Waals surface area (Å²) < 4.78 is 31.2. The highest BCUT2D eigenvalue weighted by Gasteiger charge is 2.23. The number of carbonyl (C=O) groups is 2. The normalized spacial score (nSPS) is 12.0. The molecule has 22 heavy (non-hydrogen) atoms. The first-order valence-corrected chi connectivity index (χ1v) is 8.66. The number of amides is 1. The number of carbonyl (C=O) groups excluding carboxylic acids is 1. The lowest BCUT2D eigenvalue weighted by Gasteiger charge is -2.19. The van der Waals surface area contributed by atoms with Crippen LogP contribution in [0.5, 0.6) is 0 Å². The second-order valence-corrected chi connectivity index (χ2v) is 7.90. The SMILES string of the molecule is CC(C)(C)OC(=O)NCCNS(=O)(=O)c1ccsc1C(=O)O. The number of carboxylic acid groups (broad SMARTS) is 1. The fraction of sp³-hybridized carbons (Fsp3) is 0.500. The smallest absolute Gasteiger partial charge is 0.407 e. The second kappa shape index (κ2) is 7.07. The highest BCUT2D eigenvalue weighted by atomic mass is 32.2. The molecule has 0 saturated carbocycles. The molecule has 0 radical (unpaired) electrons. The summed E-state index contributed by atoms with van der Waals surface area (Å²) in [6, 6.07) is 1.22. The lowest BCUT2D eigenvalue weighted by Crippen LogP contribution is -2.38. The van der Waals surface area contributed by atoms with Crippen LogP contribution in [0.15, 0.2) is 16.3 Å². The minimum absolute atomic E-state index is 0.0146. The van der Waals surface area contributed by atoms with Crippen LogP contribution in [-0.2, 0) is 14.8 Å². The summed E-state index contributed by atoms with van der Waals surface area (Å²) in [4.78, 5) is 21.7. The van der Waals surface area contributed by atoms with Crippen LogP contribution in [0.2, 0.25) is 0 Å². The Kier molecular flexibility index (Phi) is 5.92. The van der Waals surface area contributed by atoms with Crippen molar-refractivity contribution in [3.8, 4) is 0 Å². The summed E-state index contributed by atoms with van der Waals surface area (Å²) in [5.41, 5.74) is -0.642. The molecule has 3 N–H and O–H groups in total. The third kappa shape index (κ3) is 5.62. The highest BCUT2D eigenvalue weighted by molar-refractivity contribution is 7.89. The van der Waals surface area contributed by atoms with Crippen LogP contribution >= 0.6 is 11.3 Å². The molecule has 8 nitrogen and oxygen atoms in total. The number of carboxylic acids is 1. The molecule has 0 spiro atoms. The third-order valence-corrected chi connectivity index (χ3v) is 4.73. The number of ether oxygens (including phenoxy) is 1. The number of thiophene rings is 1. The summed E-state index contributed by atoms with van der Waals surface area (Å²) in [6.07, 6.45) is -0.659. The largest absolute Gasteiger partial charge is 0.477 e. The summed E-state index contributed by atoms with van der Waals surface area (Å²) in [5, 5.41) is 12.7. The number of hydrogen-bond donors (Lipinski definition) is 3. The van der Waals surface area contributed by atoms with Gasteiger partial charge < -0.3 is 15.2 Å². The molecule has 0 aliphatic heterocycles. The zero-order valence-corrected chi connectivity index (χ0v) is 14.0. The molecule has 1 heterocycles. The molecule has 124 valence electrons. The topological polar surface area (TPSA) is 122 Å². The number of aromatic carboxylic acids is 1. The van der Waals surface area contributed by atoms with Crippen LogP contribution in [0.3, 0.4) is 0 Å². The molecule has 0 aliphatic carbocycles. The third-order valence-electron chi connectivity index (χ3n) is 2.20. The zero-order valence-electron chi connectivity index (χ0n) is 12.4. The molecule has 10 heteroatoms. The van der Waals surface area contributed by atoms with Crippen LogP contribution in [0.1, 0.15) is 30.4 Å². The van der Waals surface area contributed by atoms with E-state index in [0.717, 1.165) is 11.3 Å². The molecule has 0 fully saturated rings. The number of hydrogen-bond acceptors (Lipinski definition) is 6. The predicted molar refractivity (Wildman–Crippen MR) is 80.7 cm³/mol. The van der Waals surface area contributed by atoms with Crippen LogP contribution in [0.25, 0.3) is 0 Å². The van der Waals surface area contributed by atoms with Crippen molar-refractivity contribution >= 4 is 33.4 Å². The fourth-order valence-corrected chi connectivity index (χ4v) is 3.70. The van der Waals surface area contributed by atoms with Crippen LogP contribution < -0.4 is 10.0 Å². The standard InChI is InChI=1S/C12H18N2O6S2/c1-12(2,3)20-11(17)13-5-6-14-22(18,19)8-4-7-21-9(8)10(15)16/h4,7,14H,5-6H2,1-3H3,(H,13,17)(H,15,16). The summed E-state index contributed by atoms with van der Waals surface area (Å²) in [7, 11) is -3.94. The van der Waals surface area contributed by atoms with Gasteiger partial charge in [-0.05, 0) is 32.2 Å². The molecule has 1 aromatic heterocycles. The Morgan fingerprint density at radius 2 is 1.95 bits per heavy atom. The molecule has 0 unspecified atom stereocenters. The van der Waals surface area contributed by atoms with Gasteiger partial charge in [-0.1, -0.05) is 0 Å². The Morgan fingerprint density at radius 3 is 2.50 bits per heavy atom. The molecule has 0 aliphatic rings. The lowest BCUT2D eigenvalue weighted by atomic mass is 10.2. The van der Waals surface area contributed by atoms with Gasteiger partial charge in [0.05, 0.1) is 0 Å². The monoisotopic (exact) mass is 350 g/mol. The van der Waals surface area contributed by atoms with Crippen molar-refractivity contribution in [1.29, 1.82) is 0 Å². The first kappa shape index (κ1) is 18.4. The van der Waals surface area contributed by atoms with E-state index in [2.05, 4.69) is 10.0 Å². The van der Waals surface area contributed by atoms with Gasteiger partial charge in [-0.2, -0.15) is 0 Å². The van der Waals surface area contributed by atoms with E-state index in [0.29, 0.717) is 0 Å². The Balaban J connectivity index is 2.52. The number of sulfonamides is 1. The van der Waals surface area contributed by atoms with Crippen molar-refractivity contribution in [2.75, 3.05) is 13.1 Å². The molecule has 0 aromatic carbocycles. The van der Waals surface area contributed by atoms with E-state index in [4.69, 9.17) is 9.84 Å². The Labute approximate surface area is 132 Å². The van der Waals surface area contributed by atoms with Crippen molar-refractivity contribution in [3.05, 3.63) is 16.3 Å². The van der Waals surface area contributed by atoms with Gasteiger partial charge in [-0.15, -0.1) is 11.3 Å². The van der Waals surface area contributed by atoms with Crippen LogP contribution in [0, 0.1) is 0 Å². The van der Waals surface area contributed by atoms with Crippen molar-refractivity contribution in [1.82, 2.24) is 10.0 Å². The molecule has 1 rings (SSSR count). The highest BCUT2D eigenvalue weighted by Crippen LogP contribution is 2.21. The molecular formula is C12H18N2O6S2. The van der Waals surface area contributed by atoms with E-state index in [1.807, 2.05) is 0 Å². The van der Waals surface area contributed by atoms with Crippen molar-refractivity contribution in [3.63, 3.8) is 0 Å². The summed E-state index contributed by atoms with van der Waals surface area (Å²) in [6.45, 7) is 5.05. The molecule has 0 saturated heterocycles. The lowest BCUT2D eigenvalue weighted by molar-refractivity contribution is 0.0528. The number of alkyl carbamates (subject to hydrolysis) is 1. The van der Waals surface area contributed by atoms with Gasteiger partial charge in [-0.3, -0.25) is 0 Å². The average molecular weight is 350 g/mol. The summed E-state index contributed by atoms with van der Waals surface area (Å²) >= 11 is 0.827. The summed E-state index contributed by atoms with van der Waals surface area (Å²) in [5.74, 6) is -1.30. The number of nitrogens with one attached hydrogen (secondary N) is 2. The van der Waals surface area contributed by atoms with Gasteiger partial charge >= 0.3 is 12.1 Å². The van der Waals surface area contributed by atoms with Gasteiger partial charge in [0.15, 0.2) is 0 Å². The first-order valence-electron chi connectivity index (χ1n) is 6.30. The maximum Gasteiger partial charge on any atom is 0.407 e. The molecule has 1 aromatic rings. The molecule has 0 atom stereocenters. The number of rotatable bonds is 6. The zero-order chi connectivity index (χ0) is 17.0. The second-order valence-electron chi connectivity index (χ2n) is 5.25. The van der Waals surface area contributed by atoms with E-state index in [-0.39, 0.29) is 22.9 Å². The van der Waals surface area contributed by atoms with Gasteiger partial charge in [0, 0.05) is 13.1 Å². The predicted octanol–water partition coefficient (Wildman–Crippen LogP) is 1.25. The maximum absolute atomic E-state index is 12.0. The molecular weight excluding hydrogens is 332 g/mol. The van der Waals surface area contributed by atoms with E-state index in [9.17, 15) is 18.0 Å². The van der Waals surface area contributed by atoms with E-state index in [1.54, 1.807) is 20.8 Å². The average Bonchev–Trinajstić information content (AvgIpc) is 2.82. The fourth-order valence-electron chi connectivity index (χ4n) is 1.41. The Hall–Kier alpha value is -1.65. The van der Waals surface area contributed by atoms with Gasteiger partial charge in [0.25, 0.3) is 0 Å².